The number of ether oxygens (including phenoxy) is 3. The summed E-state index contributed by atoms with van der Waals surface area (Å²) in [4.78, 5) is 29.3. The Balaban J connectivity index is 1.24. The zero-order chi connectivity index (χ0) is 35.2. The molecule has 0 bridgehead atoms. The molecule has 2 heterocycles. The molecule has 1 amide bonds. The van der Waals surface area contributed by atoms with Crippen molar-refractivity contribution in [2.45, 2.75) is 13.5 Å². The SMILES string of the molecule is COc1ccc(CNc2ncnc3c(C(=O)Nc4c(C)ccc5c(Nc6ccc(OCCN(C)C)cc6F)nccc45)cccc23)c(OC)c1. The van der Waals surface area contributed by atoms with Crippen LogP contribution >= 0.6 is 0 Å². The second kappa shape index (κ2) is 15.0. The minimum absolute atomic E-state index is 0.251. The minimum atomic E-state index is -0.471. The molecule has 3 N–H and O–H groups in total. The molecule has 0 aliphatic rings. The van der Waals surface area contributed by atoms with E-state index in [0.717, 1.165) is 16.5 Å². The van der Waals surface area contributed by atoms with Gasteiger partial charge in [0.2, 0.25) is 0 Å². The first-order valence-corrected chi connectivity index (χ1v) is 16.0. The summed E-state index contributed by atoms with van der Waals surface area (Å²) >= 11 is 0. The summed E-state index contributed by atoms with van der Waals surface area (Å²) in [6.45, 7) is 3.50. The van der Waals surface area contributed by atoms with Crippen LogP contribution in [-0.4, -0.2) is 67.2 Å². The van der Waals surface area contributed by atoms with Gasteiger partial charge in [-0.3, -0.25) is 4.79 Å². The lowest BCUT2D eigenvalue weighted by molar-refractivity contribution is 0.102. The van der Waals surface area contributed by atoms with E-state index in [1.54, 1.807) is 44.7 Å². The highest BCUT2D eigenvalue weighted by Gasteiger charge is 2.18. The van der Waals surface area contributed by atoms with Gasteiger partial charge < -0.3 is 35.1 Å². The molecule has 0 radical (unpaired) electrons. The van der Waals surface area contributed by atoms with Gasteiger partial charge >= 0.3 is 0 Å². The summed E-state index contributed by atoms with van der Waals surface area (Å²) in [6.07, 6.45) is 3.05. The van der Waals surface area contributed by atoms with Crippen LogP contribution in [-0.2, 0) is 6.54 Å². The van der Waals surface area contributed by atoms with Crippen LogP contribution in [0.15, 0.2) is 85.3 Å². The number of amides is 1. The van der Waals surface area contributed by atoms with Crippen LogP contribution in [0.1, 0.15) is 21.5 Å². The molecule has 0 fully saturated rings. The van der Waals surface area contributed by atoms with Gasteiger partial charge in [-0.25, -0.2) is 19.3 Å². The molecule has 256 valence electrons. The van der Waals surface area contributed by atoms with E-state index in [1.165, 1.54) is 12.4 Å². The number of carbonyl (C=O) groups excluding carboxylic acids is 1. The number of aromatic nitrogens is 3. The van der Waals surface area contributed by atoms with Gasteiger partial charge in [-0.15, -0.1) is 0 Å². The summed E-state index contributed by atoms with van der Waals surface area (Å²) in [5, 5.41) is 11.7. The van der Waals surface area contributed by atoms with E-state index >= 15 is 4.39 Å². The maximum atomic E-state index is 15.1. The highest BCUT2D eigenvalue weighted by Crippen LogP contribution is 2.34. The average molecular weight is 676 g/mol. The number of hydrogen-bond donors (Lipinski definition) is 3. The van der Waals surface area contributed by atoms with Gasteiger partial charge in [0, 0.05) is 53.1 Å². The van der Waals surface area contributed by atoms with Crippen molar-refractivity contribution in [2.24, 2.45) is 0 Å². The van der Waals surface area contributed by atoms with Gasteiger partial charge in [-0.2, -0.15) is 0 Å². The quantitative estimate of drug-likeness (QED) is 0.116. The summed E-state index contributed by atoms with van der Waals surface area (Å²) < 4.78 is 31.6. The number of likely N-dealkylation sites (N-methyl/N-ethyl adjacent to an activating group) is 1. The third kappa shape index (κ3) is 7.35. The van der Waals surface area contributed by atoms with Gasteiger partial charge in [0.1, 0.15) is 47.6 Å². The molecule has 50 heavy (non-hydrogen) atoms. The van der Waals surface area contributed by atoms with Crippen molar-refractivity contribution in [3.05, 3.63) is 108 Å². The minimum Gasteiger partial charge on any atom is -0.497 e. The van der Waals surface area contributed by atoms with Gasteiger partial charge in [-0.1, -0.05) is 18.2 Å². The van der Waals surface area contributed by atoms with E-state index in [0.29, 0.717) is 76.1 Å². The first-order valence-electron chi connectivity index (χ1n) is 16.0. The highest BCUT2D eigenvalue weighted by atomic mass is 19.1. The second-order valence-corrected chi connectivity index (χ2v) is 11.8. The van der Waals surface area contributed by atoms with Crippen LogP contribution in [0.5, 0.6) is 17.2 Å². The van der Waals surface area contributed by atoms with Crippen LogP contribution in [0.4, 0.5) is 27.4 Å². The number of aryl methyl sites for hydroxylation is 1. The number of rotatable bonds is 13. The molecule has 4 aromatic carbocycles. The summed E-state index contributed by atoms with van der Waals surface area (Å²) in [6, 6.07) is 21.3. The van der Waals surface area contributed by atoms with Crippen molar-refractivity contribution >= 4 is 50.6 Å². The highest BCUT2D eigenvalue weighted by molar-refractivity contribution is 6.16. The van der Waals surface area contributed by atoms with Gasteiger partial charge in [-0.05, 0) is 69.0 Å². The van der Waals surface area contributed by atoms with Gasteiger partial charge in [0.15, 0.2) is 0 Å². The van der Waals surface area contributed by atoms with Crippen LogP contribution in [0.3, 0.4) is 0 Å². The van der Waals surface area contributed by atoms with E-state index in [2.05, 4.69) is 30.9 Å². The third-order valence-corrected chi connectivity index (χ3v) is 8.24. The van der Waals surface area contributed by atoms with Crippen LogP contribution in [0, 0.1) is 12.7 Å². The smallest absolute Gasteiger partial charge is 0.257 e. The van der Waals surface area contributed by atoms with Crippen molar-refractivity contribution in [1.82, 2.24) is 19.9 Å². The molecule has 0 atom stereocenters. The number of pyridine rings is 1. The normalized spacial score (nSPS) is 11.1. The van der Waals surface area contributed by atoms with E-state index < -0.39 is 5.82 Å². The third-order valence-electron chi connectivity index (χ3n) is 8.24. The zero-order valence-corrected chi connectivity index (χ0v) is 28.5. The lowest BCUT2D eigenvalue weighted by Gasteiger charge is -2.16. The molecular formula is C38H38FN7O4. The molecule has 0 unspecified atom stereocenters. The molecule has 6 rings (SSSR count). The predicted octanol–water partition coefficient (Wildman–Crippen LogP) is 7.19. The van der Waals surface area contributed by atoms with Crippen LogP contribution < -0.4 is 30.2 Å². The number of anilines is 4. The lowest BCUT2D eigenvalue weighted by atomic mass is 10.0. The first kappa shape index (κ1) is 33.9. The molecule has 0 spiro atoms. The summed E-state index contributed by atoms with van der Waals surface area (Å²) in [7, 11) is 7.11. The fourth-order valence-corrected chi connectivity index (χ4v) is 5.56. The Bertz CT molecular complexity index is 2180. The molecule has 0 saturated heterocycles. The Morgan fingerprint density at radius 3 is 2.48 bits per heavy atom. The number of nitrogens with one attached hydrogen (secondary N) is 3. The van der Waals surface area contributed by atoms with E-state index in [9.17, 15) is 4.79 Å². The maximum Gasteiger partial charge on any atom is 0.257 e. The Kier molecular flexibility index (Phi) is 10.2. The van der Waals surface area contributed by atoms with Crippen LogP contribution in [0.25, 0.3) is 21.7 Å². The lowest BCUT2D eigenvalue weighted by Crippen LogP contribution is -2.19. The number of fused-ring (bicyclic) bond motifs is 2. The number of methoxy groups -OCH3 is 2. The Morgan fingerprint density at radius 1 is 0.860 bits per heavy atom. The van der Waals surface area contributed by atoms with Crippen molar-refractivity contribution in [2.75, 3.05) is 57.4 Å². The zero-order valence-electron chi connectivity index (χ0n) is 28.5. The van der Waals surface area contributed by atoms with Crippen LogP contribution in [0.2, 0.25) is 0 Å². The Hall–Kier alpha value is -6.01. The second-order valence-electron chi connectivity index (χ2n) is 11.8. The molecule has 11 nitrogen and oxygen atoms in total. The standard InChI is InChI=1S/C38H38FN7O4/c1-23-9-13-28-27(15-16-40-37(28)44-32-14-12-26(19-31(32)39)50-18-17-46(2)3)34(23)45-38(47)30-8-6-7-29-35(30)42-22-43-36(29)41-21-24-10-11-25(48-4)20-33(24)49-5/h6-16,19-20,22H,17-18,21H2,1-5H3,(H,40,44)(H,45,47)(H,41,42,43). The molecule has 0 aliphatic carbocycles. The van der Waals surface area contributed by atoms with Crippen molar-refractivity contribution in [1.29, 1.82) is 0 Å². The van der Waals surface area contributed by atoms with E-state index in [-0.39, 0.29) is 11.6 Å². The number of hydrogen-bond acceptors (Lipinski definition) is 10. The van der Waals surface area contributed by atoms with E-state index in [1.807, 2.05) is 68.4 Å². The number of carbonyl (C=O) groups is 1. The molecule has 2 aromatic heterocycles. The molecule has 0 saturated carbocycles. The average Bonchev–Trinajstić information content (AvgIpc) is 3.12. The Labute approximate surface area is 289 Å². The molecule has 0 aliphatic heterocycles. The molecule has 6 aromatic rings. The summed E-state index contributed by atoms with van der Waals surface area (Å²) in [5.74, 6) is 2.03. The van der Waals surface area contributed by atoms with Crippen molar-refractivity contribution in [3.8, 4) is 17.2 Å². The van der Waals surface area contributed by atoms with Crippen molar-refractivity contribution in [3.63, 3.8) is 0 Å². The number of nitrogens with zero attached hydrogens (tertiary/aromatic N) is 4. The largest absolute Gasteiger partial charge is 0.497 e. The maximum absolute atomic E-state index is 15.1. The molecule has 12 heteroatoms. The number of halogens is 1. The van der Waals surface area contributed by atoms with Crippen molar-refractivity contribution < 1.29 is 23.4 Å². The number of para-hydroxylation sites is 1. The predicted molar refractivity (Wildman–Crippen MR) is 195 cm³/mol. The molecular weight excluding hydrogens is 637 g/mol. The fourth-order valence-electron chi connectivity index (χ4n) is 5.56. The monoisotopic (exact) mass is 675 g/mol. The first-order chi connectivity index (χ1) is 24.2. The number of benzene rings is 4. The summed E-state index contributed by atoms with van der Waals surface area (Å²) in [5.41, 5.74) is 3.50. The van der Waals surface area contributed by atoms with Gasteiger partial charge in [0.25, 0.3) is 5.91 Å². The van der Waals surface area contributed by atoms with Gasteiger partial charge in [0.05, 0.1) is 36.7 Å². The topological polar surface area (TPSA) is 123 Å². The van der Waals surface area contributed by atoms with E-state index in [4.69, 9.17) is 14.2 Å². The fraction of sp³-hybridized carbons (Fsp3) is 0.211. The Morgan fingerprint density at radius 2 is 1.70 bits per heavy atom.